The summed E-state index contributed by atoms with van der Waals surface area (Å²) in [5.74, 6) is 0.0504. The fourth-order valence-corrected chi connectivity index (χ4v) is 1.64. The molecule has 0 aromatic heterocycles. The van der Waals surface area contributed by atoms with Crippen molar-refractivity contribution in [2.75, 3.05) is 6.54 Å². The summed E-state index contributed by atoms with van der Waals surface area (Å²) >= 11 is 0. The van der Waals surface area contributed by atoms with Gasteiger partial charge in [-0.3, -0.25) is 9.69 Å². The SMILES string of the molecule is CC[NH+]1C=CC(=CC=C2C=CC(=O)C=C2)C=C1. The highest BCUT2D eigenvalue weighted by molar-refractivity contribution is 6.01. The number of rotatable bonds is 2. The molecule has 1 heterocycles. The van der Waals surface area contributed by atoms with Gasteiger partial charge in [-0.1, -0.05) is 24.3 Å². The summed E-state index contributed by atoms with van der Waals surface area (Å²) < 4.78 is 0. The van der Waals surface area contributed by atoms with E-state index < -0.39 is 0 Å². The molecule has 1 N–H and O–H groups in total. The molecular weight excluding hydrogens is 210 g/mol. The van der Waals surface area contributed by atoms with E-state index in [2.05, 4.69) is 37.6 Å². The average molecular weight is 226 g/mol. The topological polar surface area (TPSA) is 21.5 Å². The fraction of sp³-hybridized carbons (Fsp3) is 0.133. The molecule has 0 atom stereocenters. The highest BCUT2D eigenvalue weighted by Gasteiger charge is 2.02. The first-order valence-corrected chi connectivity index (χ1v) is 5.82. The van der Waals surface area contributed by atoms with Gasteiger partial charge in [-0.05, 0) is 42.4 Å². The lowest BCUT2D eigenvalue weighted by atomic mass is 10.1. The molecule has 0 unspecified atom stereocenters. The molecule has 2 nitrogen and oxygen atoms in total. The van der Waals surface area contributed by atoms with Crippen LogP contribution in [0, 0.1) is 0 Å². The zero-order chi connectivity index (χ0) is 12.1. The molecule has 0 aromatic rings. The molecule has 0 spiro atoms. The Labute approximate surface area is 102 Å². The van der Waals surface area contributed by atoms with Gasteiger partial charge in [-0.25, -0.2) is 0 Å². The molecule has 0 amide bonds. The average Bonchev–Trinajstić information content (AvgIpc) is 2.39. The van der Waals surface area contributed by atoms with Crippen LogP contribution in [0.3, 0.4) is 0 Å². The van der Waals surface area contributed by atoms with Gasteiger partial charge in [0.2, 0.25) is 0 Å². The molecule has 2 aliphatic rings. The van der Waals surface area contributed by atoms with Crippen LogP contribution in [0.4, 0.5) is 0 Å². The number of allylic oxidation sites excluding steroid dienone is 10. The van der Waals surface area contributed by atoms with Crippen LogP contribution in [-0.4, -0.2) is 12.3 Å². The maximum Gasteiger partial charge on any atom is 0.178 e. The molecular formula is C15H16NO+. The molecule has 2 rings (SSSR count). The Balaban J connectivity index is 2.05. The number of hydrogen-bond acceptors (Lipinski definition) is 1. The molecule has 1 aliphatic heterocycles. The lowest BCUT2D eigenvalue weighted by Crippen LogP contribution is -3.02. The molecule has 86 valence electrons. The first-order chi connectivity index (χ1) is 8.28. The number of carbonyl (C=O) groups excluding carboxylic acids is 1. The second kappa shape index (κ2) is 5.41. The molecule has 0 fully saturated rings. The van der Waals surface area contributed by atoms with Crippen molar-refractivity contribution >= 4 is 5.78 Å². The van der Waals surface area contributed by atoms with Gasteiger partial charge < -0.3 is 0 Å². The van der Waals surface area contributed by atoms with Gasteiger partial charge in [-0.2, -0.15) is 0 Å². The maximum absolute atomic E-state index is 10.9. The third kappa shape index (κ3) is 3.26. The molecule has 0 aromatic carbocycles. The fourth-order valence-electron chi connectivity index (χ4n) is 1.64. The van der Waals surface area contributed by atoms with Crippen molar-refractivity contribution in [3.8, 4) is 0 Å². The Morgan fingerprint density at radius 1 is 0.941 bits per heavy atom. The van der Waals surface area contributed by atoms with Crippen LogP contribution in [0.25, 0.3) is 0 Å². The molecule has 1 aliphatic carbocycles. The minimum absolute atomic E-state index is 0.0504. The molecule has 0 radical (unpaired) electrons. The first-order valence-electron chi connectivity index (χ1n) is 5.82. The lowest BCUT2D eigenvalue weighted by molar-refractivity contribution is -0.788. The van der Waals surface area contributed by atoms with Crippen LogP contribution in [0.15, 0.2) is 72.2 Å². The van der Waals surface area contributed by atoms with Gasteiger partial charge in [0.15, 0.2) is 5.78 Å². The second-order valence-corrected chi connectivity index (χ2v) is 4.00. The Morgan fingerprint density at radius 3 is 2.00 bits per heavy atom. The minimum Gasteiger partial charge on any atom is -0.290 e. The summed E-state index contributed by atoms with van der Waals surface area (Å²) in [4.78, 5) is 12.3. The van der Waals surface area contributed by atoms with Crippen molar-refractivity contribution in [1.82, 2.24) is 0 Å². The van der Waals surface area contributed by atoms with E-state index in [0.29, 0.717) is 0 Å². The van der Waals surface area contributed by atoms with Gasteiger partial charge in [0, 0.05) is 0 Å². The van der Waals surface area contributed by atoms with E-state index >= 15 is 0 Å². The summed E-state index contributed by atoms with van der Waals surface area (Å²) in [6, 6.07) is 0. The third-order valence-electron chi connectivity index (χ3n) is 2.74. The normalized spacial score (nSPS) is 22.2. The van der Waals surface area contributed by atoms with Crippen LogP contribution in [0.1, 0.15) is 6.92 Å². The highest BCUT2D eigenvalue weighted by Crippen LogP contribution is 2.08. The van der Waals surface area contributed by atoms with E-state index in [9.17, 15) is 4.79 Å². The predicted molar refractivity (Wildman–Crippen MR) is 69.2 cm³/mol. The molecule has 0 saturated carbocycles. The van der Waals surface area contributed by atoms with Crippen molar-refractivity contribution in [3.05, 3.63) is 72.2 Å². The molecule has 17 heavy (non-hydrogen) atoms. The van der Waals surface area contributed by atoms with E-state index in [1.165, 1.54) is 10.5 Å². The van der Waals surface area contributed by atoms with Gasteiger partial charge in [0.1, 0.15) is 0 Å². The zero-order valence-corrected chi connectivity index (χ0v) is 9.89. The van der Waals surface area contributed by atoms with Gasteiger partial charge in [0.05, 0.1) is 18.9 Å². The lowest BCUT2D eigenvalue weighted by Gasteiger charge is -2.09. The van der Waals surface area contributed by atoms with E-state index in [4.69, 9.17) is 0 Å². The minimum atomic E-state index is 0.0504. The summed E-state index contributed by atoms with van der Waals surface area (Å²) in [7, 11) is 0. The highest BCUT2D eigenvalue weighted by atomic mass is 16.1. The Kier molecular flexibility index (Phi) is 3.68. The number of nitrogens with one attached hydrogen (secondary N) is 1. The van der Waals surface area contributed by atoms with Crippen molar-refractivity contribution in [2.24, 2.45) is 0 Å². The van der Waals surface area contributed by atoms with Crippen molar-refractivity contribution < 1.29 is 9.69 Å². The van der Waals surface area contributed by atoms with E-state index in [1.807, 2.05) is 18.2 Å². The largest absolute Gasteiger partial charge is 0.290 e. The second-order valence-electron chi connectivity index (χ2n) is 4.00. The Bertz CT molecular complexity index is 453. The number of hydrogen-bond donors (Lipinski definition) is 1. The van der Waals surface area contributed by atoms with Gasteiger partial charge >= 0.3 is 0 Å². The molecule has 0 bridgehead atoms. The summed E-state index contributed by atoms with van der Waals surface area (Å²) in [5, 5.41) is 0. The van der Waals surface area contributed by atoms with E-state index in [0.717, 1.165) is 12.1 Å². The Morgan fingerprint density at radius 2 is 1.47 bits per heavy atom. The third-order valence-corrected chi connectivity index (χ3v) is 2.74. The number of ketones is 1. The van der Waals surface area contributed by atoms with E-state index in [1.54, 1.807) is 12.2 Å². The first kappa shape index (κ1) is 11.6. The van der Waals surface area contributed by atoms with Gasteiger partial charge in [0.25, 0.3) is 0 Å². The standard InChI is InChI=1S/C15H15NO/c1-2-16-11-9-14(10-12-16)4-3-13-5-7-15(17)8-6-13/h3-12H,2H2,1H3/p+1. The number of carbonyl (C=O) groups is 1. The summed E-state index contributed by atoms with van der Waals surface area (Å²) in [6.07, 6.45) is 19.4. The van der Waals surface area contributed by atoms with Crippen molar-refractivity contribution in [3.63, 3.8) is 0 Å². The number of quaternary nitrogens is 1. The van der Waals surface area contributed by atoms with Crippen molar-refractivity contribution in [1.29, 1.82) is 0 Å². The van der Waals surface area contributed by atoms with Gasteiger partial charge in [-0.15, -0.1) is 0 Å². The van der Waals surface area contributed by atoms with Crippen LogP contribution in [-0.2, 0) is 4.79 Å². The van der Waals surface area contributed by atoms with E-state index in [-0.39, 0.29) is 5.78 Å². The van der Waals surface area contributed by atoms with Crippen LogP contribution in [0.5, 0.6) is 0 Å². The smallest absolute Gasteiger partial charge is 0.178 e. The van der Waals surface area contributed by atoms with Crippen molar-refractivity contribution in [2.45, 2.75) is 6.92 Å². The van der Waals surface area contributed by atoms with Crippen LogP contribution < -0.4 is 4.90 Å². The van der Waals surface area contributed by atoms with Crippen LogP contribution >= 0.6 is 0 Å². The molecule has 0 saturated heterocycles. The van der Waals surface area contributed by atoms with Crippen LogP contribution in [0.2, 0.25) is 0 Å². The molecule has 2 heteroatoms. The monoisotopic (exact) mass is 226 g/mol. The maximum atomic E-state index is 10.9. The quantitative estimate of drug-likeness (QED) is 0.756. The Hall–Kier alpha value is -1.93. The summed E-state index contributed by atoms with van der Waals surface area (Å²) in [5.41, 5.74) is 2.22. The predicted octanol–water partition coefficient (Wildman–Crippen LogP) is 1.48. The zero-order valence-electron chi connectivity index (χ0n) is 9.89. The summed E-state index contributed by atoms with van der Waals surface area (Å²) in [6.45, 7) is 3.21.